The molecule has 104 valence electrons. The van der Waals surface area contributed by atoms with Crippen LogP contribution < -0.4 is 0 Å². The second-order valence-electron chi connectivity index (χ2n) is 4.76. The molecule has 1 aromatic rings. The van der Waals surface area contributed by atoms with E-state index < -0.39 is 11.9 Å². The molecule has 0 radical (unpaired) electrons. The van der Waals surface area contributed by atoms with Crippen LogP contribution in [0.3, 0.4) is 0 Å². The molecule has 0 aliphatic carbocycles. The van der Waals surface area contributed by atoms with E-state index in [-0.39, 0.29) is 6.61 Å². The maximum absolute atomic E-state index is 11.8. The SMILES string of the molecule is CCOC(=O)C(=O)N(C)Cc1c(C)cc(C)cc1C. The minimum Gasteiger partial charge on any atom is -0.459 e. The molecule has 4 nitrogen and oxygen atoms in total. The fourth-order valence-corrected chi connectivity index (χ4v) is 2.12. The summed E-state index contributed by atoms with van der Waals surface area (Å²) in [5.41, 5.74) is 4.52. The summed E-state index contributed by atoms with van der Waals surface area (Å²) in [6, 6.07) is 4.15. The summed E-state index contributed by atoms with van der Waals surface area (Å²) in [4.78, 5) is 24.6. The molecule has 0 unspecified atom stereocenters. The smallest absolute Gasteiger partial charge is 0.397 e. The summed E-state index contributed by atoms with van der Waals surface area (Å²) in [6.45, 7) is 8.36. The molecule has 0 saturated heterocycles. The second-order valence-corrected chi connectivity index (χ2v) is 4.76. The molecule has 1 amide bonds. The van der Waals surface area contributed by atoms with Gasteiger partial charge < -0.3 is 9.64 Å². The number of carbonyl (C=O) groups is 2. The van der Waals surface area contributed by atoms with Gasteiger partial charge in [-0.3, -0.25) is 4.79 Å². The van der Waals surface area contributed by atoms with Crippen LogP contribution in [0.2, 0.25) is 0 Å². The molecular formula is C15H21NO3. The Morgan fingerprint density at radius 3 is 2.16 bits per heavy atom. The van der Waals surface area contributed by atoms with Crippen LogP contribution in [0.15, 0.2) is 12.1 Å². The average Bonchev–Trinajstić information content (AvgIpc) is 2.32. The van der Waals surface area contributed by atoms with Gasteiger partial charge in [0.15, 0.2) is 0 Å². The lowest BCUT2D eigenvalue weighted by Crippen LogP contribution is -2.34. The van der Waals surface area contributed by atoms with Crippen LogP contribution in [-0.4, -0.2) is 30.4 Å². The molecule has 0 aliphatic rings. The van der Waals surface area contributed by atoms with Crippen molar-refractivity contribution in [3.8, 4) is 0 Å². The van der Waals surface area contributed by atoms with Crippen LogP contribution in [0.5, 0.6) is 0 Å². The fraction of sp³-hybridized carbons (Fsp3) is 0.467. The van der Waals surface area contributed by atoms with Crippen molar-refractivity contribution in [1.82, 2.24) is 4.90 Å². The zero-order chi connectivity index (χ0) is 14.6. The normalized spacial score (nSPS) is 10.2. The predicted octanol–water partition coefficient (Wildman–Crippen LogP) is 2.13. The van der Waals surface area contributed by atoms with Gasteiger partial charge in [-0.1, -0.05) is 17.7 Å². The van der Waals surface area contributed by atoms with Crippen molar-refractivity contribution in [1.29, 1.82) is 0 Å². The van der Waals surface area contributed by atoms with Crippen LogP contribution in [0.4, 0.5) is 0 Å². The van der Waals surface area contributed by atoms with Crippen molar-refractivity contribution >= 4 is 11.9 Å². The standard InChI is InChI=1S/C15H21NO3/c1-6-19-15(18)14(17)16(5)9-13-11(3)7-10(2)8-12(13)4/h7-8H,6,9H2,1-5H3. The molecular weight excluding hydrogens is 242 g/mol. The van der Waals surface area contributed by atoms with E-state index in [1.807, 2.05) is 20.8 Å². The van der Waals surface area contributed by atoms with Crippen LogP contribution >= 0.6 is 0 Å². The molecule has 0 bridgehead atoms. The fourth-order valence-electron chi connectivity index (χ4n) is 2.12. The first-order valence-electron chi connectivity index (χ1n) is 6.35. The molecule has 0 spiro atoms. The third kappa shape index (κ3) is 3.81. The minimum absolute atomic E-state index is 0.209. The van der Waals surface area contributed by atoms with Crippen molar-refractivity contribution in [3.63, 3.8) is 0 Å². The van der Waals surface area contributed by atoms with E-state index in [0.717, 1.165) is 16.7 Å². The first-order valence-corrected chi connectivity index (χ1v) is 6.35. The molecule has 0 heterocycles. The summed E-state index contributed by atoms with van der Waals surface area (Å²) in [5.74, 6) is -1.41. The second kappa shape index (κ2) is 6.36. The van der Waals surface area contributed by atoms with Gasteiger partial charge in [-0.25, -0.2) is 4.79 Å². The molecule has 0 aromatic heterocycles. The summed E-state index contributed by atoms with van der Waals surface area (Å²) in [5, 5.41) is 0. The quantitative estimate of drug-likeness (QED) is 0.620. The third-order valence-electron chi connectivity index (χ3n) is 3.03. The largest absolute Gasteiger partial charge is 0.459 e. The van der Waals surface area contributed by atoms with Crippen molar-refractivity contribution in [2.75, 3.05) is 13.7 Å². The maximum Gasteiger partial charge on any atom is 0.397 e. The van der Waals surface area contributed by atoms with E-state index in [9.17, 15) is 9.59 Å². The van der Waals surface area contributed by atoms with Gasteiger partial charge in [0.1, 0.15) is 0 Å². The van der Waals surface area contributed by atoms with Gasteiger partial charge >= 0.3 is 11.9 Å². The van der Waals surface area contributed by atoms with E-state index >= 15 is 0 Å². The number of benzene rings is 1. The predicted molar refractivity (Wildman–Crippen MR) is 73.8 cm³/mol. The number of likely N-dealkylation sites (N-methyl/N-ethyl adjacent to an activating group) is 1. The Morgan fingerprint density at radius 1 is 1.16 bits per heavy atom. The zero-order valence-corrected chi connectivity index (χ0v) is 12.2. The Balaban J connectivity index is 2.85. The maximum atomic E-state index is 11.8. The Kier molecular flexibility index (Phi) is 5.10. The Morgan fingerprint density at radius 2 is 1.68 bits per heavy atom. The van der Waals surface area contributed by atoms with E-state index in [0.29, 0.717) is 6.54 Å². The third-order valence-corrected chi connectivity index (χ3v) is 3.03. The number of rotatable bonds is 3. The number of hydrogen-bond acceptors (Lipinski definition) is 3. The summed E-state index contributed by atoms with van der Waals surface area (Å²) < 4.78 is 4.71. The van der Waals surface area contributed by atoms with Gasteiger partial charge in [-0.2, -0.15) is 0 Å². The zero-order valence-electron chi connectivity index (χ0n) is 12.2. The molecule has 0 N–H and O–H groups in total. The molecule has 0 saturated carbocycles. The van der Waals surface area contributed by atoms with Crippen LogP contribution in [0.1, 0.15) is 29.2 Å². The van der Waals surface area contributed by atoms with Crippen molar-refractivity contribution < 1.29 is 14.3 Å². The molecule has 1 rings (SSSR count). The van der Waals surface area contributed by atoms with E-state index in [1.54, 1.807) is 14.0 Å². The van der Waals surface area contributed by atoms with Gasteiger partial charge in [0.2, 0.25) is 0 Å². The van der Waals surface area contributed by atoms with E-state index in [4.69, 9.17) is 4.74 Å². The molecule has 1 aromatic carbocycles. The molecule has 4 heteroatoms. The van der Waals surface area contributed by atoms with Crippen LogP contribution in [0.25, 0.3) is 0 Å². The van der Waals surface area contributed by atoms with E-state index in [2.05, 4.69) is 12.1 Å². The Labute approximate surface area is 114 Å². The highest BCUT2D eigenvalue weighted by Gasteiger charge is 2.20. The number of hydrogen-bond donors (Lipinski definition) is 0. The van der Waals surface area contributed by atoms with Crippen molar-refractivity contribution in [2.45, 2.75) is 34.2 Å². The van der Waals surface area contributed by atoms with Gasteiger partial charge in [0, 0.05) is 13.6 Å². The number of carbonyl (C=O) groups excluding carboxylic acids is 2. The number of ether oxygens (including phenoxy) is 1. The Bertz CT molecular complexity index is 471. The van der Waals surface area contributed by atoms with Gasteiger partial charge in [0.25, 0.3) is 0 Å². The van der Waals surface area contributed by atoms with Crippen LogP contribution in [0, 0.1) is 20.8 Å². The number of amides is 1. The van der Waals surface area contributed by atoms with Crippen LogP contribution in [-0.2, 0) is 20.9 Å². The molecule has 19 heavy (non-hydrogen) atoms. The van der Waals surface area contributed by atoms with Gasteiger partial charge in [-0.05, 0) is 44.4 Å². The average molecular weight is 263 g/mol. The minimum atomic E-state index is -0.799. The van der Waals surface area contributed by atoms with E-state index in [1.165, 1.54) is 10.5 Å². The monoisotopic (exact) mass is 263 g/mol. The van der Waals surface area contributed by atoms with Crippen molar-refractivity contribution in [3.05, 3.63) is 34.4 Å². The lowest BCUT2D eigenvalue weighted by atomic mass is 9.99. The van der Waals surface area contributed by atoms with Gasteiger partial charge in [-0.15, -0.1) is 0 Å². The molecule has 0 atom stereocenters. The summed E-state index contributed by atoms with van der Waals surface area (Å²) >= 11 is 0. The highest BCUT2D eigenvalue weighted by molar-refractivity contribution is 6.32. The number of nitrogens with zero attached hydrogens (tertiary/aromatic N) is 1. The first kappa shape index (κ1) is 15.2. The lowest BCUT2D eigenvalue weighted by Gasteiger charge is -2.19. The highest BCUT2D eigenvalue weighted by atomic mass is 16.5. The topological polar surface area (TPSA) is 46.6 Å². The lowest BCUT2D eigenvalue weighted by molar-refractivity contribution is -0.159. The first-order chi connectivity index (χ1) is 8.86. The number of aryl methyl sites for hydroxylation is 3. The molecule has 0 aliphatic heterocycles. The highest BCUT2D eigenvalue weighted by Crippen LogP contribution is 2.18. The van der Waals surface area contributed by atoms with Crippen molar-refractivity contribution in [2.24, 2.45) is 0 Å². The van der Waals surface area contributed by atoms with Gasteiger partial charge in [0.05, 0.1) is 6.61 Å². The number of esters is 1. The summed E-state index contributed by atoms with van der Waals surface area (Å²) in [7, 11) is 1.61. The Hall–Kier alpha value is -1.84. The summed E-state index contributed by atoms with van der Waals surface area (Å²) in [6.07, 6.45) is 0. The molecule has 0 fully saturated rings.